The third-order valence-electron chi connectivity index (χ3n) is 5.21. The Bertz CT molecular complexity index is 479. The number of nitrogens with zero attached hydrogens (tertiary/aromatic N) is 1. The molecule has 0 spiro atoms. The maximum absolute atomic E-state index is 13.1. The smallest absolute Gasteiger partial charge is 0.124 e. The predicted molar refractivity (Wildman–Crippen MR) is 80.4 cm³/mol. The van der Waals surface area contributed by atoms with E-state index in [1.165, 1.54) is 37.8 Å². The van der Waals surface area contributed by atoms with Gasteiger partial charge in [0, 0.05) is 23.1 Å². The van der Waals surface area contributed by atoms with E-state index in [2.05, 4.69) is 11.9 Å². The third kappa shape index (κ3) is 2.72. The van der Waals surface area contributed by atoms with Crippen LogP contribution in [0.4, 0.5) is 4.39 Å². The van der Waals surface area contributed by atoms with Crippen molar-refractivity contribution in [3.63, 3.8) is 0 Å². The van der Waals surface area contributed by atoms with Crippen molar-refractivity contribution in [3.8, 4) is 0 Å². The number of hydrogen-bond acceptors (Lipinski definition) is 2. The van der Waals surface area contributed by atoms with Crippen LogP contribution in [0.25, 0.3) is 0 Å². The molecular formula is C16H22ClFN2. The van der Waals surface area contributed by atoms with Crippen molar-refractivity contribution < 1.29 is 4.39 Å². The largest absolute Gasteiger partial charge is 0.327 e. The minimum Gasteiger partial charge on any atom is -0.327 e. The lowest BCUT2D eigenvalue weighted by Gasteiger charge is -2.38. The predicted octanol–water partition coefficient (Wildman–Crippen LogP) is 3.22. The van der Waals surface area contributed by atoms with Crippen molar-refractivity contribution in [2.24, 2.45) is 11.7 Å². The third-order valence-corrected chi connectivity index (χ3v) is 5.56. The number of benzene rings is 1. The first-order valence-corrected chi connectivity index (χ1v) is 7.84. The van der Waals surface area contributed by atoms with Gasteiger partial charge in [0.05, 0.1) is 0 Å². The number of halogens is 2. The average Bonchev–Trinajstić information content (AvgIpc) is 2.64. The molecule has 20 heavy (non-hydrogen) atoms. The van der Waals surface area contributed by atoms with Crippen LogP contribution < -0.4 is 5.73 Å². The Labute approximate surface area is 125 Å². The molecule has 2 bridgehead atoms. The summed E-state index contributed by atoms with van der Waals surface area (Å²) in [7, 11) is 2.24. The SMILES string of the molecule is CN1C2CCC1CC(C(N)Cc1ccc(F)cc1Cl)C2. The summed E-state index contributed by atoms with van der Waals surface area (Å²) in [6.07, 6.45) is 5.73. The maximum Gasteiger partial charge on any atom is 0.124 e. The van der Waals surface area contributed by atoms with E-state index >= 15 is 0 Å². The van der Waals surface area contributed by atoms with E-state index in [4.69, 9.17) is 17.3 Å². The van der Waals surface area contributed by atoms with Gasteiger partial charge in [-0.25, -0.2) is 4.39 Å². The molecule has 1 aromatic rings. The first-order valence-electron chi connectivity index (χ1n) is 7.46. The number of fused-ring (bicyclic) bond motifs is 2. The van der Waals surface area contributed by atoms with Crippen LogP contribution in [0.15, 0.2) is 18.2 Å². The van der Waals surface area contributed by atoms with Crippen LogP contribution in [0.1, 0.15) is 31.2 Å². The van der Waals surface area contributed by atoms with Crippen molar-refractivity contribution >= 4 is 11.6 Å². The van der Waals surface area contributed by atoms with Gasteiger partial charge in [0.25, 0.3) is 0 Å². The highest BCUT2D eigenvalue weighted by Gasteiger charge is 2.40. The normalized spacial score (nSPS) is 31.5. The zero-order valence-electron chi connectivity index (χ0n) is 11.9. The molecule has 0 aromatic heterocycles. The van der Waals surface area contributed by atoms with Gasteiger partial charge in [-0.05, 0) is 62.8 Å². The Balaban J connectivity index is 1.66. The molecule has 110 valence electrons. The molecule has 2 saturated heterocycles. The van der Waals surface area contributed by atoms with Crippen molar-refractivity contribution in [2.75, 3.05) is 7.05 Å². The molecule has 2 aliphatic heterocycles. The summed E-state index contributed by atoms with van der Waals surface area (Å²) in [6.45, 7) is 0. The van der Waals surface area contributed by atoms with Gasteiger partial charge < -0.3 is 10.6 Å². The van der Waals surface area contributed by atoms with Crippen LogP contribution in [0.2, 0.25) is 5.02 Å². The molecule has 3 atom stereocenters. The summed E-state index contributed by atoms with van der Waals surface area (Å²) in [6, 6.07) is 6.13. The number of nitrogens with two attached hydrogens (primary N) is 1. The lowest BCUT2D eigenvalue weighted by molar-refractivity contribution is 0.120. The van der Waals surface area contributed by atoms with Gasteiger partial charge in [0.15, 0.2) is 0 Å². The molecule has 3 rings (SSSR count). The fraction of sp³-hybridized carbons (Fsp3) is 0.625. The fourth-order valence-corrected chi connectivity index (χ4v) is 4.16. The Morgan fingerprint density at radius 2 is 2.00 bits per heavy atom. The van der Waals surface area contributed by atoms with Gasteiger partial charge in [-0.1, -0.05) is 17.7 Å². The Hall–Kier alpha value is -0.640. The van der Waals surface area contributed by atoms with E-state index in [1.807, 2.05) is 0 Å². The van der Waals surface area contributed by atoms with E-state index in [0.29, 0.717) is 23.0 Å². The van der Waals surface area contributed by atoms with E-state index in [9.17, 15) is 4.39 Å². The zero-order chi connectivity index (χ0) is 14.3. The van der Waals surface area contributed by atoms with Gasteiger partial charge >= 0.3 is 0 Å². The quantitative estimate of drug-likeness (QED) is 0.928. The van der Waals surface area contributed by atoms with E-state index in [1.54, 1.807) is 6.07 Å². The van der Waals surface area contributed by atoms with E-state index in [-0.39, 0.29) is 11.9 Å². The fourth-order valence-electron chi connectivity index (χ4n) is 3.91. The molecule has 1 aromatic carbocycles. The molecule has 0 saturated carbocycles. The molecule has 0 amide bonds. The number of hydrogen-bond donors (Lipinski definition) is 1. The lowest BCUT2D eigenvalue weighted by Crippen LogP contribution is -2.46. The maximum atomic E-state index is 13.1. The van der Waals surface area contributed by atoms with Crippen LogP contribution in [0.5, 0.6) is 0 Å². The van der Waals surface area contributed by atoms with E-state index in [0.717, 1.165) is 12.0 Å². The summed E-state index contributed by atoms with van der Waals surface area (Å²) in [5.74, 6) is 0.273. The van der Waals surface area contributed by atoms with Crippen LogP contribution in [0.3, 0.4) is 0 Å². The zero-order valence-corrected chi connectivity index (χ0v) is 12.6. The van der Waals surface area contributed by atoms with Crippen LogP contribution >= 0.6 is 11.6 Å². The molecule has 2 fully saturated rings. The molecule has 0 radical (unpaired) electrons. The van der Waals surface area contributed by atoms with Gasteiger partial charge in [0.1, 0.15) is 5.82 Å². The standard InChI is InChI=1S/C16H22ClFN2/c1-20-13-4-5-14(20)7-11(6-13)16(19)8-10-2-3-12(18)9-15(10)17/h2-3,9,11,13-14,16H,4-8,19H2,1H3. The minimum atomic E-state index is -0.287. The monoisotopic (exact) mass is 296 g/mol. The Morgan fingerprint density at radius 3 is 2.60 bits per heavy atom. The summed E-state index contributed by atoms with van der Waals surface area (Å²) in [5, 5.41) is 0.497. The topological polar surface area (TPSA) is 29.3 Å². The van der Waals surface area contributed by atoms with Gasteiger partial charge in [-0.3, -0.25) is 0 Å². The average molecular weight is 297 g/mol. The molecule has 0 aliphatic carbocycles. The Morgan fingerprint density at radius 1 is 1.35 bits per heavy atom. The minimum absolute atomic E-state index is 0.120. The molecule has 2 N–H and O–H groups in total. The summed E-state index contributed by atoms with van der Waals surface area (Å²) >= 11 is 6.10. The summed E-state index contributed by atoms with van der Waals surface area (Å²) in [4.78, 5) is 2.52. The number of rotatable bonds is 3. The first kappa shape index (κ1) is 14.3. The molecule has 2 nitrogen and oxygen atoms in total. The molecular weight excluding hydrogens is 275 g/mol. The van der Waals surface area contributed by atoms with Gasteiger partial charge in [-0.15, -0.1) is 0 Å². The molecule has 2 aliphatic rings. The first-order chi connectivity index (χ1) is 9.54. The molecule has 3 unspecified atom stereocenters. The molecule has 4 heteroatoms. The lowest BCUT2D eigenvalue weighted by atomic mass is 9.83. The number of piperidine rings is 1. The van der Waals surface area contributed by atoms with E-state index < -0.39 is 0 Å². The van der Waals surface area contributed by atoms with Gasteiger partial charge in [-0.2, -0.15) is 0 Å². The van der Waals surface area contributed by atoms with Crippen molar-refractivity contribution in [3.05, 3.63) is 34.6 Å². The highest BCUT2D eigenvalue weighted by atomic mass is 35.5. The van der Waals surface area contributed by atoms with Crippen LogP contribution in [0, 0.1) is 11.7 Å². The van der Waals surface area contributed by atoms with Crippen LogP contribution in [-0.4, -0.2) is 30.1 Å². The highest BCUT2D eigenvalue weighted by molar-refractivity contribution is 6.31. The second-order valence-corrected chi connectivity index (χ2v) is 6.79. The summed E-state index contributed by atoms with van der Waals surface area (Å²) < 4.78 is 13.1. The van der Waals surface area contributed by atoms with Gasteiger partial charge in [0.2, 0.25) is 0 Å². The van der Waals surface area contributed by atoms with Crippen molar-refractivity contribution in [1.29, 1.82) is 0 Å². The second-order valence-electron chi connectivity index (χ2n) is 6.39. The Kier molecular flexibility index (Phi) is 4.02. The summed E-state index contributed by atoms with van der Waals surface area (Å²) in [5.41, 5.74) is 7.38. The van der Waals surface area contributed by atoms with Crippen molar-refractivity contribution in [1.82, 2.24) is 4.90 Å². The molecule has 2 heterocycles. The highest BCUT2D eigenvalue weighted by Crippen LogP contribution is 2.39. The van der Waals surface area contributed by atoms with Crippen molar-refractivity contribution in [2.45, 2.75) is 50.2 Å². The van der Waals surface area contributed by atoms with Crippen LogP contribution in [-0.2, 0) is 6.42 Å². The second kappa shape index (κ2) is 5.63.